The highest BCUT2D eigenvalue weighted by Crippen LogP contribution is 2.37. The molecule has 0 aliphatic carbocycles. The summed E-state index contributed by atoms with van der Waals surface area (Å²) in [7, 11) is 1.64. The van der Waals surface area contributed by atoms with Crippen LogP contribution < -0.4 is 24.3 Å². The standard InChI is InChI=1S/C23H26N4O5/c1-28-20-12-17-18(13-22(20)30-8-2-5-27-6-9-29-10-7-27)24-14-25-23(17)26-16-3-4-19-21(11-16)32-15-31-19/h3-4,11-14H,2,5-10,15H2,1H3,(H,24,25,26). The maximum atomic E-state index is 6.04. The first kappa shape index (κ1) is 20.6. The zero-order valence-corrected chi connectivity index (χ0v) is 18.0. The van der Waals surface area contributed by atoms with E-state index >= 15 is 0 Å². The van der Waals surface area contributed by atoms with E-state index in [0.29, 0.717) is 29.7 Å². The number of nitrogens with one attached hydrogen (secondary N) is 1. The van der Waals surface area contributed by atoms with Gasteiger partial charge in [0.1, 0.15) is 12.1 Å². The van der Waals surface area contributed by atoms with Gasteiger partial charge in [-0.2, -0.15) is 0 Å². The summed E-state index contributed by atoms with van der Waals surface area (Å²) in [6, 6.07) is 9.49. The second kappa shape index (κ2) is 9.46. The van der Waals surface area contributed by atoms with E-state index in [-0.39, 0.29) is 6.79 Å². The van der Waals surface area contributed by atoms with Crippen molar-refractivity contribution < 1.29 is 23.7 Å². The molecular weight excluding hydrogens is 412 g/mol. The molecule has 0 atom stereocenters. The van der Waals surface area contributed by atoms with Crippen LogP contribution in [0.5, 0.6) is 23.0 Å². The van der Waals surface area contributed by atoms with E-state index in [9.17, 15) is 0 Å². The maximum Gasteiger partial charge on any atom is 0.231 e. The zero-order chi connectivity index (χ0) is 21.8. The molecule has 9 heteroatoms. The van der Waals surface area contributed by atoms with Crippen molar-refractivity contribution in [2.45, 2.75) is 6.42 Å². The van der Waals surface area contributed by atoms with Crippen LogP contribution in [0.4, 0.5) is 11.5 Å². The lowest BCUT2D eigenvalue weighted by molar-refractivity contribution is 0.0357. The van der Waals surface area contributed by atoms with Gasteiger partial charge >= 0.3 is 0 Å². The first-order valence-corrected chi connectivity index (χ1v) is 10.7. The number of fused-ring (bicyclic) bond motifs is 2. The van der Waals surface area contributed by atoms with E-state index in [1.807, 2.05) is 30.3 Å². The second-order valence-corrected chi connectivity index (χ2v) is 7.59. The van der Waals surface area contributed by atoms with Crippen LogP contribution in [0.1, 0.15) is 6.42 Å². The molecule has 9 nitrogen and oxygen atoms in total. The molecule has 5 rings (SSSR count). The maximum absolute atomic E-state index is 6.04. The lowest BCUT2D eigenvalue weighted by Crippen LogP contribution is -2.37. The Morgan fingerprint density at radius 2 is 1.91 bits per heavy atom. The summed E-state index contributed by atoms with van der Waals surface area (Å²) >= 11 is 0. The van der Waals surface area contributed by atoms with Crippen LogP contribution in [-0.4, -0.2) is 68.2 Å². The van der Waals surface area contributed by atoms with E-state index in [1.165, 1.54) is 6.33 Å². The SMILES string of the molecule is COc1cc2c(Nc3ccc4c(c3)OCO4)ncnc2cc1OCCCN1CCOCC1. The lowest BCUT2D eigenvalue weighted by Gasteiger charge is -2.26. The molecule has 0 saturated carbocycles. The highest BCUT2D eigenvalue weighted by Gasteiger charge is 2.16. The number of hydrogen-bond acceptors (Lipinski definition) is 9. The number of morpholine rings is 1. The molecule has 1 saturated heterocycles. The van der Waals surface area contributed by atoms with Crippen LogP contribution in [-0.2, 0) is 4.74 Å². The number of methoxy groups -OCH3 is 1. The van der Waals surface area contributed by atoms with Gasteiger partial charge in [0.25, 0.3) is 0 Å². The van der Waals surface area contributed by atoms with Gasteiger partial charge in [-0.05, 0) is 24.6 Å². The molecule has 2 aliphatic heterocycles. The van der Waals surface area contributed by atoms with Crippen molar-refractivity contribution in [1.82, 2.24) is 14.9 Å². The van der Waals surface area contributed by atoms with Crippen molar-refractivity contribution in [1.29, 1.82) is 0 Å². The van der Waals surface area contributed by atoms with Crippen LogP contribution in [0.25, 0.3) is 10.9 Å². The van der Waals surface area contributed by atoms with Crippen molar-refractivity contribution in [3.8, 4) is 23.0 Å². The fraction of sp³-hybridized carbons (Fsp3) is 0.391. The van der Waals surface area contributed by atoms with Crippen LogP contribution in [0.15, 0.2) is 36.7 Å². The summed E-state index contributed by atoms with van der Waals surface area (Å²) in [6.45, 7) is 5.41. The van der Waals surface area contributed by atoms with Gasteiger partial charge < -0.3 is 29.0 Å². The number of nitrogens with zero attached hydrogens (tertiary/aromatic N) is 3. The third kappa shape index (κ3) is 4.49. The van der Waals surface area contributed by atoms with E-state index in [1.54, 1.807) is 7.11 Å². The zero-order valence-electron chi connectivity index (χ0n) is 18.0. The van der Waals surface area contributed by atoms with Gasteiger partial charge in [0, 0.05) is 42.8 Å². The van der Waals surface area contributed by atoms with Crippen LogP contribution in [0, 0.1) is 0 Å². The summed E-state index contributed by atoms with van der Waals surface area (Å²) < 4.78 is 27.9. The van der Waals surface area contributed by atoms with Crippen molar-refractivity contribution in [2.24, 2.45) is 0 Å². The fourth-order valence-electron chi connectivity index (χ4n) is 3.84. The van der Waals surface area contributed by atoms with E-state index in [2.05, 4.69) is 20.2 Å². The third-order valence-corrected chi connectivity index (χ3v) is 5.54. The Labute approximate surface area is 186 Å². The topological polar surface area (TPSA) is 87.2 Å². The molecule has 1 aromatic heterocycles. The van der Waals surface area contributed by atoms with Crippen molar-refractivity contribution in [2.75, 3.05) is 58.7 Å². The predicted molar refractivity (Wildman–Crippen MR) is 119 cm³/mol. The van der Waals surface area contributed by atoms with Crippen molar-refractivity contribution in [3.63, 3.8) is 0 Å². The Morgan fingerprint density at radius 3 is 2.78 bits per heavy atom. The molecule has 1 fully saturated rings. The van der Waals surface area contributed by atoms with Crippen LogP contribution in [0.3, 0.4) is 0 Å². The minimum absolute atomic E-state index is 0.238. The third-order valence-electron chi connectivity index (χ3n) is 5.54. The van der Waals surface area contributed by atoms with Gasteiger partial charge in [-0.25, -0.2) is 9.97 Å². The number of aromatic nitrogens is 2. The normalized spacial score (nSPS) is 15.7. The first-order valence-electron chi connectivity index (χ1n) is 10.7. The number of rotatable bonds is 8. The molecule has 32 heavy (non-hydrogen) atoms. The molecule has 3 aromatic rings. The van der Waals surface area contributed by atoms with E-state index < -0.39 is 0 Å². The Bertz CT molecular complexity index is 1090. The summed E-state index contributed by atoms with van der Waals surface area (Å²) in [6.07, 6.45) is 2.47. The van der Waals surface area contributed by atoms with E-state index in [4.69, 9.17) is 23.7 Å². The van der Waals surface area contributed by atoms with Gasteiger partial charge in [-0.15, -0.1) is 0 Å². The molecule has 2 aromatic carbocycles. The predicted octanol–water partition coefficient (Wildman–Crippen LogP) is 3.21. The first-order chi connectivity index (χ1) is 15.8. The monoisotopic (exact) mass is 438 g/mol. The quantitative estimate of drug-likeness (QED) is 0.533. The molecular formula is C23H26N4O5. The molecule has 0 radical (unpaired) electrons. The van der Waals surface area contributed by atoms with Gasteiger partial charge in [0.05, 0.1) is 32.4 Å². The highest BCUT2D eigenvalue weighted by atomic mass is 16.7. The molecule has 1 N–H and O–H groups in total. The minimum Gasteiger partial charge on any atom is -0.493 e. The molecule has 0 spiro atoms. The van der Waals surface area contributed by atoms with Crippen molar-refractivity contribution >= 4 is 22.4 Å². The minimum atomic E-state index is 0.238. The fourth-order valence-corrected chi connectivity index (χ4v) is 3.84. The largest absolute Gasteiger partial charge is 0.493 e. The summed E-state index contributed by atoms with van der Waals surface area (Å²) in [5.74, 6) is 3.44. The smallest absolute Gasteiger partial charge is 0.231 e. The summed E-state index contributed by atoms with van der Waals surface area (Å²) in [5.41, 5.74) is 1.61. The molecule has 2 aliphatic rings. The van der Waals surface area contributed by atoms with Gasteiger partial charge in [-0.3, -0.25) is 4.90 Å². The van der Waals surface area contributed by atoms with E-state index in [0.717, 1.165) is 61.6 Å². The van der Waals surface area contributed by atoms with Crippen LogP contribution in [0.2, 0.25) is 0 Å². The van der Waals surface area contributed by atoms with Crippen LogP contribution >= 0.6 is 0 Å². The molecule has 0 unspecified atom stereocenters. The average molecular weight is 438 g/mol. The van der Waals surface area contributed by atoms with Gasteiger partial charge in [0.15, 0.2) is 23.0 Å². The summed E-state index contributed by atoms with van der Waals surface area (Å²) in [5, 5.41) is 4.17. The molecule has 0 amide bonds. The average Bonchev–Trinajstić information content (AvgIpc) is 3.30. The number of ether oxygens (including phenoxy) is 5. The molecule has 3 heterocycles. The Balaban J connectivity index is 1.30. The van der Waals surface area contributed by atoms with Gasteiger partial charge in [0.2, 0.25) is 6.79 Å². The Hall–Kier alpha value is -3.30. The van der Waals surface area contributed by atoms with Crippen molar-refractivity contribution in [3.05, 3.63) is 36.7 Å². The molecule has 168 valence electrons. The second-order valence-electron chi connectivity index (χ2n) is 7.59. The Kier molecular flexibility index (Phi) is 6.09. The lowest BCUT2D eigenvalue weighted by atomic mass is 10.2. The summed E-state index contributed by atoms with van der Waals surface area (Å²) in [4.78, 5) is 11.2. The molecule has 0 bridgehead atoms. The number of anilines is 2. The number of benzene rings is 2. The Morgan fingerprint density at radius 1 is 1.03 bits per heavy atom. The number of hydrogen-bond donors (Lipinski definition) is 1. The van der Waals surface area contributed by atoms with Gasteiger partial charge in [-0.1, -0.05) is 0 Å². The highest BCUT2D eigenvalue weighted by molar-refractivity contribution is 5.93.